The van der Waals surface area contributed by atoms with Gasteiger partial charge in [0.25, 0.3) is 0 Å². The molecule has 0 aromatic carbocycles. The Kier molecular flexibility index (Phi) is 12.0. The molecular formula is C23H40O20. The highest BCUT2D eigenvalue weighted by Crippen LogP contribution is 2.33. The maximum atomic E-state index is 11.2. The second kappa shape index (κ2) is 14.7. The van der Waals surface area contributed by atoms with Gasteiger partial charge in [-0.3, -0.25) is 0 Å². The maximum absolute atomic E-state index is 11.2. The third-order valence-electron chi connectivity index (χ3n) is 7.79. The van der Waals surface area contributed by atoms with Crippen molar-refractivity contribution < 1.29 is 99.5 Å². The molecule has 0 amide bonds. The van der Waals surface area contributed by atoms with Crippen molar-refractivity contribution in [2.75, 3.05) is 26.4 Å². The molecule has 13 N–H and O–H groups in total. The summed E-state index contributed by atoms with van der Waals surface area (Å²) in [6.07, 6.45) is -33.0. The second-order valence-corrected chi connectivity index (χ2v) is 10.7. The van der Waals surface area contributed by atoms with Crippen molar-refractivity contribution in [1.82, 2.24) is 0 Å². The highest BCUT2D eigenvalue weighted by molar-refractivity contribution is 4.96. The summed E-state index contributed by atoms with van der Waals surface area (Å²) in [5.74, 6) is 0. The van der Waals surface area contributed by atoms with Gasteiger partial charge in [0.2, 0.25) is 0 Å². The van der Waals surface area contributed by atoms with Crippen LogP contribution in [0, 0.1) is 0 Å². The predicted molar refractivity (Wildman–Crippen MR) is 128 cm³/mol. The first kappa shape index (κ1) is 35.1. The number of ether oxygens (including phenoxy) is 7. The van der Waals surface area contributed by atoms with Crippen molar-refractivity contribution >= 4 is 0 Å². The molecule has 0 aromatic heterocycles. The van der Waals surface area contributed by atoms with Gasteiger partial charge in [0, 0.05) is 0 Å². The van der Waals surface area contributed by atoms with Crippen molar-refractivity contribution in [3.05, 3.63) is 0 Å². The fourth-order valence-electron chi connectivity index (χ4n) is 5.13. The molecule has 20 heteroatoms. The van der Waals surface area contributed by atoms with Crippen LogP contribution in [0.4, 0.5) is 0 Å². The third-order valence-corrected chi connectivity index (χ3v) is 7.79. The zero-order valence-electron chi connectivity index (χ0n) is 22.5. The Balaban J connectivity index is 1.53. The summed E-state index contributed by atoms with van der Waals surface area (Å²) in [6, 6.07) is 0. The Morgan fingerprint density at radius 1 is 0.488 bits per heavy atom. The SMILES string of the molecule is OC[C@H]1O[C@H](OC[C@H]2OC(O)[C@@H](O[C@@H]3OC[C@@H](O)[C@H](O)[C@H]3O)[C@@H](O[C@H]3O[C@H](CO)[C@@H](O)[C@H](O)[C@@H]3O)[C@@H]2O)[C@@H](O)[C@@H](O)[C@@H]1O. The molecule has 0 spiro atoms. The minimum Gasteiger partial charge on any atom is -0.394 e. The fraction of sp³-hybridized carbons (Fsp3) is 1.00. The van der Waals surface area contributed by atoms with Crippen LogP contribution in [0.2, 0.25) is 0 Å². The zero-order valence-corrected chi connectivity index (χ0v) is 22.5. The van der Waals surface area contributed by atoms with Crippen LogP contribution >= 0.6 is 0 Å². The van der Waals surface area contributed by atoms with Crippen LogP contribution in [0.3, 0.4) is 0 Å². The Hall–Kier alpha value is -0.800. The molecule has 4 rings (SSSR count). The summed E-state index contributed by atoms with van der Waals surface area (Å²) < 4.78 is 37.7. The minimum atomic E-state index is -2.04. The number of aliphatic hydroxyl groups is 13. The van der Waals surface area contributed by atoms with Gasteiger partial charge in [-0.05, 0) is 0 Å². The molecule has 0 bridgehead atoms. The predicted octanol–water partition coefficient (Wildman–Crippen LogP) is -9.11. The number of rotatable bonds is 9. The molecule has 0 aliphatic carbocycles. The standard InChI is InChI=1S/C23H40O20/c24-1-6-10(28)13(31)16(34)21(40-6)38-4-8-12(30)18(42-23-17(35)14(32)11(29)7(2-25)41-23)19(20(36)39-8)43-22-15(33)9(27)5(26)3-37-22/h5-36H,1-4H2/t5-,6-,7-,8-,9+,10-,11-,12-,13+,14+,15-,16+,17+,18+,19+,20?,21+,22+,23-/m1/s1. The zero-order chi connectivity index (χ0) is 31.7. The Bertz CT molecular complexity index is 867. The van der Waals surface area contributed by atoms with Crippen LogP contribution in [-0.2, 0) is 33.2 Å². The van der Waals surface area contributed by atoms with Crippen molar-refractivity contribution in [3.8, 4) is 0 Å². The van der Waals surface area contributed by atoms with Crippen molar-refractivity contribution in [1.29, 1.82) is 0 Å². The van der Waals surface area contributed by atoms with Crippen molar-refractivity contribution in [2.45, 2.75) is 117 Å². The van der Waals surface area contributed by atoms with E-state index in [9.17, 15) is 66.4 Å². The van der Waals surface area contributed by atoms with E-state index < -0.39 is 143 Å². The summed E-state index contributed by atoms with van der Waals surface area (Å²) in [6.45, 7) is -2.76. The second-order valence-electron chi connectivity index (χ2n) is 10.7. The van der Waals surface area contributed by atoms with E-state index in [4.69, 9.17) is 33.2 Å². The van der Waals surface area contributed by atoms with Crippen LogP contribution in [0.1, 0.15) is 0 Å². The van der Waals surface area contributed by atoms with E-state index in [1.807, 2.05) is 0 Å². The smallest absolute Gasteiger partial charge is 0.187 e. The summed E-state index contributed by atoms with van der Waals surface area (Å²) in [5, 5.41) is 132. The first-order valence-corrected chi connectivity index (χ1v) is 13.5. The lowest BCUT2D eigenvalue weighted by Gasteiger charge is -2.48. The molecular weight excluding hydrogens is 596 g/mol. The molecule has 4 aliphatic rings. The van der Waals surface area contributed by atoms with E-state index in [-0.39, 0.29) is 0 Å². The molecule has 4 aliphatic heterocycles. The summed E-state index contributed by atoms with van der Waals surface area (Å²) >= 11 is 0. The van der Waals surface area contributed by atoms with Gasteiger partial charge in [-0.25, -0.2) is 0 Å². The van der Waals surface area contributed by atoms with Crippen molar-refractivity contribution in [3.63, 3.8) is 0 Å². The van der Waals surface area contributed by atoms with E-state index in [0.717, 1.165) is 0 Å². The molecule has 252 valence electrons. The van der Waals surface area contributed by atoms with Crippen LogP contribution < -0.4 is 0 Å². The quantitative estimate of drug-likeness (QED) is 0.112. The van der Waals surface area contributed by atoms with Crippen LogP contribution in [0.25, 0.3) is 0 Å². The molecule has 0 aromatic rings. The van der Waals surface area contributed by atoms with Gasteiger partial charge < -0.3 is 99.5 Å². The Morgan fingerprint density at radius 3 is 1.58 bits per heavy atom. The number of hydrogen-bond acceptors (Lipinski definition) is 20. The molecule has 19 atom stereocenters. The number of hydrogen-bond donors (Lipinski definition) is 13. The summed E-state index contributed by atoms with van der Waals surface area (Å²) in [5.41, 5.74) is 0. The van der Waals surface area contributed by atoms with E-state index in [1.54, 1.807) is 0 Å². The normalized spacial score (nSPS) is 53.1. The summed E-state index contributed by atoms with van der Waals surface area (Å²) in [7, 11) is 0. The average molecular weight is 637 g/mol. The van der Waals surface area contributed by atoms with Gasteiger partial charge in [-0.1, -0.05) is 0 Å². The highest BCUT2D eigenvalue weighted by atomic mass is 16.8. The molecule has 1 unspecified atom stereocenters. The van der Waals surface area contributed by atoms with E-state index in [2.05, 4.69) is 0 Å². The van der Waals surface area contributed by atoms with E-state index in [0.29, 0.717) is 0 Å². The molecule has 0 saturated carbocycles. The minimum absolute atomic E-state index is 0.497. The molecule has 0 radical (unpaired) electrons. The van der Waals surface area contributed by atoms with Gasteiger partial charge in [0.15, 0.2) is 25.2 Å². The van der Waals surface area contributed by atoms with Gasteiger partial charge in [0.1, 0.15) is 91.6 Å². The van der Waals surface area contributed by atoms with E-state index in [1.165, 1.54) is 0 Å². The van der Waals surface area contributed by atoms with E-state index >= 15 is 0 Å². The van der Waals surface area contributed by atoms with Gasteiger partial charge in [-0.2, -0.15) is 0 Å². The van der Waals surface area contributed by atoms with Gasteiger partial charge in [-0.15, -0.1) is 0 Å². The highest BCUT2D eigenvalue weighted by Gasteiger charge is 2.54. The Morgan fingerprint density at radius 2 is 1.00 bits per heavy atom. The lowest BCUT2D eigenvalue weighted by Crippen LogP contribution is -2.66. The molecule has 4 fully saturated rings. The topological polar surface area (TPSA) is 328 Å². The monoisotopic (exact) mass is 636 g/mol. The van der Waals surface area contributed by atoms with Crippen LogP contribution in [0.15, 0.2) is 0 Å². The fourth-order valence-corrected chi connectivity index (χ4v) is 5.13. The Labute approximate surface area is 243 Å². The largest absolute Gasteiger partial charge is 0.394 e. The third kappa shape index (κ3) is 7.29. The lowest BCUT2D eigenvalue weighted by atomic mass is 9.96. The molecule has 20 nitrogen and oxygen atoms in total. The van der Waals surface area contributed by atoms with Crippen LogP contribution in [0.5, 0.6) is 0 Å². The molecule has 4 heterocycles. The van der Waals surface area contributed by atoms with Gasteiger partial charge >= 0.3 is 0 Å². The first-order valence-electron chi connectivity index (χ1n) is 13.5. The molecule has 43 heavy (non-hydrogen) atoms. The summed E-state index contributed by atoms with van der Waals surface area (Å²) in [4.78, 5) is 0. The van der Waals surface area contributed by atoms with Crippen molar-refractivity contribution in [2.24, 2.45) is 0 Å². The number of aliphatic hydroxyl groups excluding tert-OH is 13. The van der Waals surface area contributed by atoms with Crippen LogP contribution in [-0.4, -0.2) is 210 Å². The average Bonchev–Trinajstić information content (AvgIpc) is 2.99. The first-order chi connectivity index (χ1) is 20.3. The van der Waals surface area contributed by atoms with Gasteiger partial charge in [0.05, 0.1) is 26.4 Å². The lowest BCUT2D eigenvalue weighted by molar-refractivity contribution is -0.385. The maximum Gasteiger partial charge on any atom is 0.187 e. The molecule has 4 saturated heterocycles.